The minimum absolute atomic E-state index is 0.800. The van der Waals surface area contributed by atoms with Gasteiger partial charge < -0.3 is 0 Å². The van der Waals surface area contributed by atoms with Gasteiger partial charge in [-0.2, -0.15) is 0 Å². The summed E-state index contributed by atoms with van der Waals surface area (Å²) in [5.41, 5.74) is 1.60. The largest absolute Gasteiger partial charge is 0.0625 e. The monoisotopic (exact) mass is 194 g/mol. The van der Waals surface area contributed by atoms with Crippen molar-refractivity contribution in [3.05, 3.63) is 0 Å². The van der Waals surface area contributed by atoms with Crippen LogP contribution in [-0.4, -0.2) is 0 Å². The molecule has 0 atom stereocenters. The molecule has 4 fully saturated rings. The molecule has 14 heavy (non-hydrogen) atoms. The number of hydrogen-bond donors (Lipinski definition) is 0. The summed E-state index contributed by atoms with van der Waals surface area (Å²) in [6, 6.07) is 0. The molecule has 0 heterocycles. The predicted molar refractivity (Wildman–Crippen MR) is 62.2 cm³/mol. The lowest BCUT2D eigenvalue weighted by atomic mass is 9.62. The molecule has 82 valence electrons. The van der Waals surface area contributed by atoms with Gasteiger partial charge in [0, 0.05) is 0 Å². The zero-order valence-corrected chi connectivity index (χ0v) is 10.4. The molecule has 0 saturated heterocycles. The molecule has 0 spiro atoms. The van der Waals surface area contributed by atoms with Crippen LogP contribution in [0.5, 0.6) is 0 Å². The zero-order valence-electron chi connectivity index (χ0n) is 10.4. The third-order valence-electron chi connectivity index (χ3n) is 4.65. The lowest BCUT2D eigenvalue weighted by molar-refractivity contribution is 0.0803. The lowest BCUT2D eigenvalue weighted by Crippen LogP contribution is -2.32. The van der Waals surface area contributed by atoms with Crippen LogP contribution in [0.3, 0.4) is 0 Å². The number of fused-ring (bicyclic) bond motifs is 1. The van der Waals surface area contributed by atoms with Crippen molar-refractivity contribution in [2.24, 2.45) is 22.7 Å². The van der Waals surface area contributed by atoms with Crippen LogP contribution >= 0.6 is 0 Å². The Hall–Kier alpha value is 0. The van der Waals surface area contributed by atoms with Gasteiger partial charge in [-0.1, -0.05) is 27.7 Å². The fourth-order valence-corrected chi connectivity index (χ4v) is 4.27. The first-order valence-corrected chi connectivity index (χ1v) is 6.41. The van der Waals surface area contributed by atoms with Gasteiger partial charge in [0.1, 0.15) is 0 Å². The van der Waals surface area contributed by atoms with Crippen LogP contribution in [0.15, 0.2) is 0 Å². The van der Waals surface area contributed by atoms with Gasteiger partial charge in [-0.25, -0.2) is 0 Å². The third-order valence-corrected chi connectivity index (χ3v) is 4.65. The molecule has 4 aliphatic carbocycles. The van der Waals surface area contributed by atoms with E-state index < -0.39 is 0 Å². The predicted octanol–water partition coefficient (Wildman–Crippen LogP) is 4.64. The summed E-state index contributed by atoms with van der Waals surface area (Å²) in [5, 5.41) is 0. The molecule has 0 amide bonds. The Balaban J connectivity index is 0.000000112. The minimum Gasteiger partial charge on any atom is -0.0625 e. The van der Waals surface area contributed by atoms with Crippen molar-refractivity contribution in [1.82, 2.24) is 0 Å². The van der Waals surface area contributed by atoms with Crippen LogP contribution in [0, 0.1) is 22.7 Å². The van der Waals surface area contributed by atoms with Gasteiger partial charge in [-0.05, 0) is 61.2 Å². The summed E-state index contributed by atoms with van der Waals surface area (Å²) in [5.74, 6) is 2.08. The van der Waals surface area contributed by atoms with Crippen LogP contribution in [-0.2, 0) is 0 Å². The molecule has 2 bridgehead atoms. The number of rotatable bonds is 0. The molecule has 0 aromatic carbocycles. The normalized spacial score (nSPS) is 54.0. The molecule has 0 unspecified atom stereocenters. The second-order valence-electron chi connectivity index (χ2n) is 7.16. The van der Waals surface area contributed by atoms with E-state index in [9.17, 15) is 0 Å². The van der Waals surface area contributed by atoms with Crippen molar-refractivity contribution < 1.29 is 0 Å². The molecule has 0 aromatic heterocycles. The van der Waals surface area contributed by atoms with Crippen molar-refractivity contribution in [3.8, 4) is 0 Å². The third kappa shape index (κ3) is 1.99. The first-order chi connectivity index (χ1) is 6.41. The van der Waals surface area contributed by atoms with Crippen LogP contribution in [0.1, 0.15) is 66.2 Å². The number of hydrogen-bond acceptors (Lipinski definition) is 0. The van der Waals surface area contributed by atoms with Crippen molar-refractivity contribution in [2.45, 2.75) is 66.2 Å². The summed E-state index contributed by atoms with van der Waals surface area (Å²) < 4.78 is 0. The van der Waals surface area contributed by atoms with Gasteiger partial charge in [-0.15, -0.1) is 0 Å². The maximum absolute atomic E-state index is 2.43. The molecular weight excluding hydrogens is 168 g/mol. The maximum atomic E-state index is 2.43. The van der Waals surface area contributed by atoms with E-state index in [1.807, 2.05) is 0 Å². The lowest BCUT2D eigenvalue weighted by Gasteiger charge is -2.43. The van der Waals surface area contributed by atoms with Crippen LogP contribution < -0.4 is 0 Å². The maximum Gasteiger partial charge on any atom is -0.0315 e. The quantitative estimate of drug-likeness (QED) is 0.527. The SMILES string of the molecule is CC12CCC(C)(C1)C2.CC1CC(C)C1. The van der Waals surface area contributed by atoms with E-state index in [0.717, 1.165) is 22.7 Å². The fourth-order valence-electron chi connectivity index (χ4n) is 4.27. The molecule has 0 nitrogen and oxygen atoms in total. The van der Waals surface area contributed by atoms with Gasteiger partial charge in [0.25, 0.3) is 0 Å². The van der Waals surface area contributed by atoms with E-state index >= 15 is 0 Å². The Kier molecular flexibility index (Phi) is 2.44. The van der Waals surface area contributed by atoms with Crippen molar-refractivity contribution >= 4 is 0 Å². The highest BCUT2D eigenvalue weighted by Gasteiger charge is 2.54. The summed E-state index contributed by atoms with van der Waals surface area (Å²) in [6.45, 7) is 9.50. The standard InChI is InChI=1S/C8H14.C6H12/c1-7-3-4-8(2,5-7)6-7;1-5-3-6(2)4-5/h3-6H2,1-2H3;5-6H,3-4H2,1-2H3. The smallest absolute Gasteiger partial charge is 0.0315 e. The Morgan fingerprint density at radius 3 is 1.21 bits per heavy atom. The first kappa shape index (κ1) is 10.5. The Morgan fingerprint density at radius 1 is 0.786 bits per heavy atom. The fraction of sp³-hybridized carbons (Fsp3) is 1.00. The van der Waals surface area contributed by atoms with E-state index in [-0.39, 0.29) is 0 Å². The molecule has 4 saturated carbocycles. The van der Waals surface area contributed by atoms with Gasteiger partial charge in [0.15, 0.2) is 0 Å². The molecule has 4 rings (SSSR count). The van der Waals surface area contributed by atoms with Crippen molar-refractivity contribution in [3.63, 3.8) is 0 Å². The highest BCUT2D eigenvalue weighted by molar-refractivity contribution is 5.05. The molecule has 0 radical (unpaired) electrons. The second-order valence-corrected chi connectivity index (χ2v) is 7.16. The molecule has 0 aromatic rings. The van der Waals surface area contributed by atoms with Gasteiger partial charge >= 0.3 is 0 Å². The molecular formula is C14H26. The molecule has 0 aliphatic heterocycles. The summed E-state index contributed by atoms with van der Waals surface area (Å²) >= 11 is 0. The summed E-state index contributed by atoms with van der Waals surface area (Å²) in [6.07, 6.45) is 8.98. The molecule has 4 aliphatic rings. The van der Waals surface area contributed by atoms with E-state index in [1.165, 1.54) is 38.5 Å². The summed E-state index contributed by atoms with van der Waals surface area (Å²) in [4.78, 5) is 0. The highest BCUT2D eigenvalue weighted by Crippen LogP contribution is 2.66. The van der Waals surface area contributed by atoms with Crippen LogP contribution in [0.4, 0.5) is 0 Å². The second kappa shape index (κ2) is 3.25. The Bertz CT molecular complexity index is 184. The molecule has 0 heteroatoms. The minimum atomic E-state index is 0.800. The zero-order chi connectivity index (χ0) is 10.4. The average molecular weight is 194 g/mol. The first-order valence-electron chi connectivity index (χ1n) is 6.41. The van der Waals surface area contributed by atoms with E-state index in [0.29, 0.717) is 0 Å². The van der Waals surface area contributed by atoms with Gasteiger partial charge in [0.05, 0.1) is 0 Å². The highest BCUT2D eigenvalue weighted by atomic mass is 14.6. The van der Waals surface area contributed by atoms with E-state index in [2.05, 4.69) is 27.7 Å². The topological polar surface area (TPSA) is 0 Å². The van der Waals surface area contributed by atoms with Crippen molar-refractivity contribution in [1.29, 1.82) is 0 Å². The van der Waals surface area contributed by atoms with E-state index in [4.69, 9.17) is 0 Å². The Labute approximate surface area is 89.5 Å². The van der Waals surface area contributed by atoms with Gasteiger partial charge in [-0.3, -0.25) is 0 Å². The summed E-state index contributed by atoms with van der Waals surface area (Å²) in [7, 11) is 0. The molecule has 0 N–H and O–H groups in total. The van der Waals surface area contributed by atoms with Gasteiger partial charge in [0.2, 0.25) is 0 Å². The van der Waals surface area contributed by atoms with Crippen LogP contribution in [0.2, 0.25) is 0 Å². The van der Waals surface area contributed by atoms with Crippen molar-refractivity contribution in [2.75, 3.05) is 0 Å². The Morgan fingerprint density at radius 2 is 1.14 bits per heavy atom. The average Bonchev–Trinajstić information content (AvgIpc) is 2.39. The van der Waals surface area contributed by atoms with E-state index in [1.54, 1.807) is 0 Å². The van der Waals surface area contributed by atoms with Crippen LogP contribution in [0.25, 0.3) is 0 Å².